The maximum absolute atomic E-state index is 13.9. The summed E-state index contributed by atoms with van der Waals surface area (Å²) >= 11 is 0. The van der Waals surface area contributed by atoms with E-state index in [1.54, 1.807) is 0 Å². The summed E-state index contributed by atoms with van der Waals surface area (Å²) in [5, 5.41) is 12.8. The number of nitrogens with zero attached hydrogens (tertiary/aromatic N) is 2. The van der Waals surface area contributed by atoms with Gasteiger partial charge in [-0.1, -0.05) is 97.1 Å². The van der Waals surface area contributed by atoms with Crippen LogP contribution in [-0.4, -0.2) is 34.5 Å². The van der Waals surface area contributed by atoms with Gasteiger partial charge in [-0.25, -0.2) is 0 Å². The van der Waals surface area contributed by atoms with E-state index in [4.69, 9.17) is 5.11 Å². The van der Waals surface area contributed by atoms with Gasteiger partial charge in [-0.15, -0.1) is 0 Å². The smallest absolute Gasteiger partial charge is 0.303 e. The van der Waals surface area contributed by atoms with Crippen LogP contribution in [0.1, 0.15) is 43.0 Å². The summed E-state index contributed by atoms with van der Waals surface area (Å²) in [6.07, 6.45) is 3.20. The largest absolute Gasteiger partial charge is 0.481 e. The van der Waals surface area contributed by atoms with Crippen molar-refractivity contribution >= 4 is 41.4 Å². The summed E-state index contributed by atoms with van der Waals surface area (Å²) in [5.41, 5.74) is 3.17. The number of anilines is 1. The highest BCUT2D eigenvalue weighted by atomic mass is 31.1. The van der Waals surface area contributed by atoms with Gasteiger partial charge in [0, 0.05) is 18.7 Å². The number of hydrogen-bond acceptors (Lipinski definition) is 3. The molecule has 5 nitrogen and oxygen atoms in total. The quantitative estimate of drug-likeness (QED) is 0.286. The Hall–Kier alpha value is -3.79. The van der Waals surface area contributed by atoms with Gasteiger partial charge < -0.3 is 5.11 Å². The standard InChI is InChI=1S/C34H33N2O3P/c37-32(38)19-9-11-25-20-22-26(23-21-25)36-33(35-24-10-17-30(35)34(36)39)29-16-7-8-18-31(29)40(27-12-3-1-4-13-27)28-14-5-2-6-15-28/h1-8,12-16,18,20-23,30,33H,9-11,17,19,24H2,(H,37,38)/t30-,33+/m0/s1. The van der Waals surface area contributed by atoms with Crippen LogP contribution in [0.2, 0.25) is 0 Å². The van der Waals surface area contributed by atoms with Crippen molar-refractivity contribution in [1.29, 1.82) is 0 Å². The van der Waals surface area contributed by atoms with Gasteiger partial charge in [0.25, 0.3) is 0 Å². The Morgan fingerprint density at radius 1 is 0.825 bits per heavy atom. The number of rotatable bonds is 9. The van der Waals surface area contributed by atoms with E-state index in [1.165, 1.54) is 21.5 Å². The maximum Gasteiger partial charge on any atom is 0.303 e. The molecule has 2 saturated heterocycles. The van der Waals surface area contributed by atoms with Crippen molar-refractivity contribution in [2.24, 2.45) is 0 Å². The van der Waals surface area contributed by atoms with E-state index < -0.39 is 13.9 Å². The molecule has 1 N–H and O–H groups in total. The van der Waals surface area contributed by atoms with E-state index in [0.29, 0.717) is 12.8 Å². The first kappa shape index (κ1) is 26.4. The minimum atomic E-state index is -0.833. The van der Waals surface area contributed by atoms with Crippen LogP contribution in [0.5, 0.6) is 0 Å². The van der Waals surface area contributed by atoms with Gasteiger partial charge in [-0.2, -0.15) is 0 Å². The van der Waals surface area contributed by atoms with Crippen molar-refractivity contribution in [2.75, 3.05) is 11.4 Å². The summed E-state index contributed by atoms with van der Waals surface area (Å²) in [5.74, 6) is -0.605. The second-order valence-corrected chi connectivity index (χ2v) is 12.6. The van der Waals surface area contributed by atoms with Crippen LogP contribution in [0.15, 0.2) is 109 Å². The molecule has 202 valence electrons. The molecule has 0 aliphatic carbocycles. The van der Waals surface area contributed by atoms with Crippen molar-refractivity contribution in [2.45, 2.75) is 44.3 Å². The van der Waals surface area contributed by atoms with Crippen molar-refractivity contribution < 1.29 is 14.7 Å². The lowest BCUT2D eigenvalue weighted by molar-refractivity contribution is -0.137. The van der Waals surface area contributed by atoms with Crippen LogP contribution in [0.3, 0.4) is 0 Å². The van der Waals surface area contributed by atoms with Crippen LogP contribution in [0.4, 0.5) is 5.69 Å². The third-order valence-electron chi connectivity index (χ3n) is 7.93. The summed E-state index contributed by atoms with van der Waals surface area (Å²) in [6.45, 7) is 0.897. The Morgan fingerprint density at radius 3 is 2.10 bits per heavy atom. The van der Waals surface area contributed by atoms with Crippen LogP contribution in [0, 0.1) is 0 Å². The second-order valence-electron chi connectivity index (χ2n) is 10.5. The molecule has 2 aliphatic heterocycles. The number of amides is 1. The average molecular weight is 549 g/mol. The van der Waals surface area contributed by atoms with Gasteiger partial charge in [-0.05, 0) is 72.8 Å². The zero-order valence-corrected chi connectivity index (χ0v) is 23.3. The molecule has 1 amide bonds. The van der Waals surface area contributed by atoms with E-state index >= 15 is 0 Å². The van der Waals surface area contributed by atoms with E-state index in [9.17, 15) is 9.59 Å². The lowest BCUT2D eigenvalue weighted by Crippen LogP contribution is -2.36. The number of carboxylic acids is 1. The summed E-state index contributed by atoms with van der Waals surface area (Å²) in [4.78, 5) is 29.3. The van der Waals surface area contributed by atoms with Gasteiger partial charge in [0.15, 0.2) is 0 Å². The Morgan fingerprint density at radius 2 is 1.45 bits per heavy atom. The third-order valence-corrected chi connectivity index (χ3v) is 10.4. The van der Waals surface area contributed by atoms with Gasteiger partial charge in [0.05, 0.1) is 6.04 Å². The number of fused-ring (bicyclic) bond motifs is 1. The summed E-state index contributed by atoms with van der Waals surface area (Å²) < 4.78 is 0. The Bertz CT molecular complexity index is 1440. The zero-order chi connectivity index (χ0) is 27.5. The molecule has 0 radical (unpaired) electrons. The maximum atomic E-state index is 13.9. The third kappa shape index (κ3) is 5.20. The number of hydrogen-bond donors (Lipinski definition) is 1. The fraction of sp³-hybridized carbons (Fsp3) is 0.235. The molecular formula is C34H33N2O3P. The van der Waals surface area contributed by atoms with Crippen molar-refractivity contribution in [1.82, 2.24) is 4.90 Å². The Balaban J connectivity index is 1.42. The zero-order valence-electron chi connectivity index (χ0n) is 22.4. The molecule has 0 spiro atoms. The van der Waals surface area contributed by atoms with Crippen LogP contribution in [0.25, 0.3) is 0 Å². The lowest BCUT2D eigenvalue weighted by Gasteiger charge is -2.33. The highest BCUT2D eigenvalue weighted by Crippen LogP contribution is 2.45. The molecule has 0 saturated carbocycles. The molecular weight excluding hydrogens is 515 g/mol. The molecule has 2 heterocycles. The number of carbonyl (C=O) groups is 2. The van der Waals surface area contributed by atoms with Gasteiger partial charge in [-0.3, -0.25) is 19.4 Å². The first-order valence-electron chi connectivity index (χ1n) is 14.0. The molecule has 4 aromatic carbocycles. The molecule has 40 heavy (non-hydrogen) atoms. The Labute approximate surface area is 236 Å². The minimum absolute atomic E-state index is 0.104. The van der Waals surface area contributed by atoms with E-state index in [2.05, 4.69) is 89.8 Å². The summed E-state index contributed by atoms with van der Waals surface area (Å²) in [7, 11) is -0.833. The monoisotopic (exact) mass is 548 g/mol. The van der Waals surface area contributed by atoms with Crippen molar-refractivity contribution in [3.63, 3.8) is 0 Å². The molecule has 6 heteroatoms. The fourth-order valence-electron chi connectivity index (χ4n) is 6.12. The number of carboxylic acid groups (broad SMARTS) is 1. The SMILES string of the molecule is O=C(O)CCCc1ccc(N2C(=O)[C@@H]3CCCN3[C@H]2c2ccccc2P(c2ccccc2)c2ccccc2)cc1. The predicted molar refractivity (Wildman–Crippen MR) is 162 cm³/mol. The van der Waals surface area contributed by atoms with E-state index in [1.807, 2.05) is 29.2 Å². The molecule has 0 bridgehead atoms. The predicted octanol–water partition coefficient (Wildman–Crippen LogP) is 5.36. The van der Waals surface area contributed by atoms with Gasteiger partial charge in [0.2, 0.25) is 5.91 Å². The molecule has 2 fully saturated rings. The number of aliphatic carboxylic acids is 1. The van der Waals surface area contributed by atoms with Crippen molar-refractivity contribution in [3.8, 4) is 0 Å². The number of carbonyl (C=O) groups excluding carboxylic acids is 1. The number of aryl methyl sites for hydroxylation is 1. The second kappa shape index (κ2) is 11.8. The van der Waals surface area contributed by atoms with Crippen LogP contribution >= 0.6 is 7.92 Å². The van der Waals surface area contributed by atoms with Gasteiger partial charge >= 0.3 is 5.97 Å². The average Bonchev–Trinajstić information content (AvgIpc) is 3.57. The van der Waals surface area contributed by atoms with Crippen LogP contribution < -0.4 is 20.8 Å². The Kier molecular flexibility index (Phi) is 7.77. The van der Waals surface area contributed by atoms with Gasteiger partial charge in [0.1, 0.15) is 6.17 Å². The molecule has 0 unspecified atom stereocenters. The van der Waals surface area contributed by atoms with E-state index in [0.717, 1.165) is 30.6 Å². The topological polar surface area (TPSA) is 60.9 Å². The first-order chi connectivity index (χ1) is 19.6. The molecule has 2 atom stereocenters. The normalized spacial score (nSPS) is 18.8. The molecule has 4 aromatic rings. The summed E-state index contributed by atoms with van der Waals surface area (Å²) in [6, 6.07) is 38.1. The molecule has 0 aromatic heterocycles. The van der Waals surface area contributed by atoms with E-state index in [-0.39, 0.29) is 24.5 Å². The van der Waals surface area contributed by atoms with Crippen LogP contribution in [-0.2, 0) is 16.0 Å². The first-order valence-corrected chi connectivity index (χ1v) is 15.3. The minimum Gasteiger partial charge on any atom is -0.481 e. The highest BCUT2D eigenvalue weighted by molar-refractivity contribution is 7.79. The number of benzene rings is 4. The van der Waals surface area contributed by atoms with Crippen molar-refractivity contribution in [3.05, 3.63) is 120 Å². The fourth-order valence-corrected chi connectivity index (χ4v) is 8.60. The lowest BCUT2D eigenvalue weighted by atomic mass is 10.1. The molecule has 2 aliphatic rings. The highest BCUT2D eigenvalue weighted by Gasteiger charge is 2.50. The molecule has 6 rings (SSSR count).